The third-order valence-electron chi connectivity index (χ3n) is 4.89. The molecule has 156 valence electrons. The number of amides is 1. The molecule has 0 saturated heterocycles. The lowest BCUT2D eigenvalue weighted by atomic mass is 10.1. The minimum atomic E-state index is -0.330. The van der Waals surface area contributed by atoms with E-state index in [1.807, 2.05) is 23.6 Å². The first-order chi connectivity index (χ1) is 15.1. The molecule has 31 heavy (non-hydrogen) atoms. The maximum Gasteiger partial charge on any atom is 0.260 e. The number of carbonyl (C=O) groups excluding carboxylic acids is 1. The van der Waals surface area contributed by atoms with E-state index < -0.39 is 0 Å². The van der Waals surface area contributed by atoms with Gasteiger partial charge in [0.25, 0.3) is 5.91 Å². The summed E-state index contributed by atoms with van der Waals surface area (Å²) in [5.74, 6) is 0.761. The number of rotatable bonds is 4. The monoisotopic (exact) mass is 436 g/mol. The molecule has 0 saturated carbocycles. The molecule has 2 aromatic carbocycles. The standard InChI is InChI=1S/C22H17FN4O3S/c1-13-17(11-24-27(13)16-5-3-15(23)4-6-16)21(28)26-22-25-18(12-31-22)14-2-7-19-20(10-14)30-9-8-29-19/h2-7,10-12H,8-9H2,1H3,(H,25,26,28). The van der Waals surface area contributed by atoms with Crippen LogP contribution in [0.5, 0.6) is 11.5 Å². The Morgan fingerprint density at radius 3 is 2.71 bits per heavy atom. The molecule has 5 rings (SSSR count). The second-order valence-electron chi connectivity index (χ2n) is 6.88. The van der Waals surface area contributed by atoms with Gasteiger partial charge in [0.05, 0.1) is 28.8 Å². The molecule has 3 heterocycles. The highest BCUT2D eigenvalue weighted by Gasteiger charge is 2.18. The Morgan fingerprint density at radius 1 is 1.13 bits per heavy atom. The smallest absolute Gasteiger partial charge is 0.260 e. The maximum atomic E-state index is 13.2. The van der Waals surface area contributed by atoms with Gasteiger partial charge in [0.1, 0.15) is 19.0 Å². The molecular formula is C22H17FN4O3S. The van der Waals surface area contributed by atoms with Crippen LogP contribution in [0.2, 0.25) is 0 Å². The highest BCUT2D eigenvalue weighted by atomic mass is 32.1. The summed E-state index contributed by atoms with van der Waals surface area (Å²) in [5.41, 5.74) is 3.35. The summed E-state index contributed by atoms with van der Waals surface area (Å²) in [6.07, 6.45) is 1.49. The molecule has 2 aromatic heterocycles. The zero-order valence-corrected chi connectivity index (χ0v) is 17.3. The van der Waals surface area contributed by atoms with Crippen molar-refractivity contribution < 1.29 is 18.7 Å². The number of hydrogen-bond donors (Lipinski definition) is 1. The van der Waals surface area contributed by atoms with E-state index in [0.717, 1.165) is 11.3 Å². The lowest BCUT2D eigenvalue weighted by Gasteiger charge is -2.18. The van der Waals surface area contributed by atoms with Gasteiger partial charge >= 0.3 is 0 Å². The van der Waals surface area contributed by atoms with Gasteiger partial charge in [-0.25, -0.2) is 14.1 Å². The molecule has 0 atom stereocenters. The van der Waals surface area contributed by atoms with Crippen molar-refractivity contribution in [2.24, 2.45) is 0 Å². The molecule has 0 unspecified atom stereocenters. The lowest BCUT2D eigenvalue weighted by molar-refractivity contribution is 0.102. The minimum absolute atomic E-state index is 0.311. The highest BCUT2D eigenvalue weighted by molar-refractivity contribution is 7.14. The van der Waals surface area contributed by atoms with Gasteiger partial charge in [-0.3, -0.25) is 10.1 Å². The van der Waals surface area contributed by atoms with Gasteiger partial charge in [0, 0.05) is 10.9 Å². The zero-order valence-electron chi connectivity index (χ0n) is 16.5. The number of ether oxygens (including phenoxy) is 2. The quantitative estimate of drug-likeness (QED) is 0.511. The van der Waals surface area contributed by atoms with Gasteiger partial charge in [0.15, 0.2) is 16.6 Å². The van der Waals surface area contributed by atoms with E-state index >= 15 is 0 Å². The van der Waals surface area contributed by atoms with Crippen molar-refractivity contribution in [1.82, 2.24) is 14.8 Å². The van der Waals surface area contributed by atoms with E-state index in [4.69, 9.17) is 9.47 Å². The first kappa shape index (κ1) is 19.3. The Bertz CT molecular complexity index is 1270. The van der Waals surface area contributed by atoms with E-state index in [1.165, 1.54) is 29.7 Å². The van der Waals surface area contributed by atoms with E-state index in [1.54, 1.807) is 23.7 Å². The molecule has 1 aliphatic rings. The molecule has 9 heteroatoms. The number of thiazole rings is 1. The van der Waals surface area contributed by atoms with Crippen molar-refractivity contribution in [3.63, 3.8) is 0 Å². The van der Waals surface area contributed by atoms with Crippen molar-refractivity contribution in [3.8, 4) is 28.4 Å². The van der Waals surface area contributed by atoms with Crippen LogP contribution in [0.15, 0.2) is 54.0 Å². The predicted octanol–water partition coefficient (Wildman–Crippen LogP) is 4.47. The zero-order chi connectivity index (χ0) is 21.4. The van der Waals surface area contributed by atoms with Crippen molar-refractivity contribution in [3.05, 3.63) is 71.1 Å². The molecule has 1 N–H and O–H groups in total. The molecular weight excluding hydrogens is 419 g/mol. The third-order valence-corrected chi connectivity index (χ3v) is 5.65. The topological polar surface area (TPSA) is 78.3 Å². The summed E-state index contributed by atoms with van der Waals surface area (Å²) in [6.45, 7) is 2.84. The minimum Gasteiger partial charge on any atom is -0.486 e. The lowest BCUT2D eigenvalue weighted by Crippen LogP contribution is -2.15. The number of benzene rings is 2. The van der Waals surface area contributed by atoms with E-state index in [0.29, 0.717) is 46.8 Å². The highest BCUT2D eigenvalue weighted by Crippen LogP contribution is 2.35. The fourth-order valence-electron chi connectivity index (χ4n) is 3.31. The number of nitrogens with zero attached hydrogens (tertiary/aromatic N) is 3. The van der Waals surface area contributed by atoms with Crippen LogP contribution >= 0.6 is 11.3 Å². The molecule has 0 fully saturated rings. The van der Waals surface area contributed by atoms with Gasteiger partial charge in [-0.2, -0.15) is 5.10 Å². The van der Waals surface area contributed by atoms with Gasteiger partial charge in [-0.1, -0.05) is 0 Å². The van der Waals surface area contributed by atoms with Gasteiger partial charge < -0.3 is 9.47 Å². The predicted molar refractivity (Wildman–Crippen MR) is 115 cm³/mol. The van der Waals surface area contributed by atoms with Crippen LogP contribution in [-0.4, -0.2) is 33.9 Å². The van der Waals surface area contributed by atoms with Crippen molar-refractivity contribution in [1.29, 1.82) is 0 Å². The summed E-state index contributed by atoms with van der Waals surface area (Å²) in [5, 5.41) is 9.43. The third kappa shape index (κ3) is 3.75. The van der Waals surface area contributed by atoms with Crippen LogP contribution in [0, 0.1) is 12.7 Å². The van der Waals surface area contributed by atoms with Crippen LogP contribution < -0.4 is 14.8 Å². The van der Waals surface area contributed by atoms with E-state index in [-0.39, 0.29) is 11.7 Å². The first-order valence-corrected chi connectivity index (χ1v) is 10.4. The van der Waals surface area contributed by atoms with E-state index in [9.17, 15) is 9.18 Å². The summed E-state index contributed by atoms with van der Waals surface area (Å²) in [6, 6.07) is 11.6. The maximum absolute atomic E-state index is 13.2. The van der Waals surface area contributed by atoms with Gasteiger partial charge in [-0.05, 0) is 49.4 Å². The largest absolute Gasteiger partial charge is 0.486 e. The number of carbonyl (C=O) groups is 1. The van der Waals surface area contributed by atoms with Crippen LogP contribution in [0.3, 0.4) is 0 Å². The van der Waals surface area contributed by atoms with Crippen molar-refractivity contribution >= 4 is 22.4 Å². The van der Waals surface area contributed by atoms with E-state index in [2.05, 4.69) is 15.4 Å². The normalized spacial score (nSPS) is 12.6. The SMILES string of the molecule is Cc1c(C(=O)Nc2nc(-c3ccc4c(c3)OCCO4)cs2)cnn1-c1ccc(F)cc1. The number of anilines is 1. The summed E-state index contributed by atoms with van der Waals surface area (Å²) >= 11 is 1.33. The average Bonchev–Trinajstić information content (AvgIpc) is 3.41. The number of halogens is 1. The van der Waals surface area contributed by atoms with Gasteiger partial charge in [-0.15, -0.1) is 11.3 Å². The Hall–Kier alpha value is -3.72. The molecule has 0 bridgehead atoms. The molecule has 1 amide bonds. The number of aromatic nitrogens is 3. The summed E-state index contributed by atoms with van der Waals surface area (Å²) < 4.78 is 25.9. The number of nitrogens with one attached hydrogen (secondary N) is 1. The fourth-order valence-corrected chi connectivity index (χ4v) is 4.02. The van der Waals surface area contributed by atoms with Crippen LogP contribution in [0.1, 0.15) is 16.1 Å². The van der Waals surface area contributed by atoms with Crippen LogP contribution in [-0.2, 0) is 0 Å². The van der Waals surface area contributed by atoms with Gasteiger partial charge in [0.2, 0.25) is 0 Å². The first-order valence-electron chi connectivity index (χ1n) is 9.56. The fraction of sp³-hybridized carbons (Fsp3) is 0.136. The second-order valence-corrected chi connectivity index (χ2v) is 7.74. The average molecular weight is 436 g/mol. The Morgan fingerprint density at radius 2 is 1.90 bits per heavy atom. The Balaban J connectivity index is 1.34. The second kappa shape index (κ2) is 7.84. The molecule has 0 spiro atoms. The molecule has 4 aromatic rings. The molecule has 0 aliphatic carbocycles. The number of fused-ring (bicyclic) bond motifs is 1. The summed E-state index contributed by atoms with van der Waals surface area (Å²) in [7, 11) is 0. The summed E-state index contributed by atoms with van der Waals surface area (Å²) in [4.78, 5) is 17.3. The Labute approximate surface area is 181 Å². The number of hydrogen-bond acceptors (Lipinski definition) is 6. The molecule has 1 aliphatic heterocycles. The van der Waals surface area contributed by atoms with Crippen molar-refractivity contribution in [2.75, 3.05) is 18.5 Å². The molecule has 0 radical (unpaired) electrons. The molecule has 7 nitrogen and oxygen atoms in total. The van der Waals surface area contributed by atoms with Crippen molar-refractivity contribution in [2.45, 2.75) is 6.92 Å². The van der Waals surface area contributed by atoms with Crippen LogP contribution in [0.25, 0.3) is 16.9 Å². The Kier molecular flexibility index (Phi) is 4.87. The van der Waals surface area contributed by atoms with Crippen LogP contribution in [0.4, 0.5) is 9.52 Å².